The minimum atomic E-state index is -4.40. The first kappa shape index (κ1) is 32.0. The average molecular weight is 651 g/mol. The lowest BCUT2D eigenvalue weighted by Crippen LogP contribution is -2.50. The van der Waals surface area contributed by atoms with E-state index in [2.05, 4.69) is 9.88 Å². The van der Waals surface area contributed by atoms with Crippen molar-refractivity contribution in [3.8, 4) is 11.1 Å². The van der Waals surface area contributed by atoms with Gasteiger partial charge in [-0.05, 0) is 72.8 Å². The van der Waals surface area contributed by atoms with Crippen LogP contribution in [0.5, 0.6) is 0 Å². The van der Waals surface area contributed by atoms with Crippen LogP contribution in [0.15, 0.2) is 82.7 Å². The van der Waals surface area contributed by atoms with Crippen molar-refractivity contribution in [3.63, 3.8) is 0 Å². The maximum Gasteiger partial charge on any atom is 0.416 e. The molecule has 4 aromatic rings. The first-order valence-electron chi connectivity index (χ1n) is 15.3. The monoisotopic (exact) mass is 650 g/mol. The fourth-order valence-corrected chi connectivity index (χ4v) is 7.15. The van der Waals surface area contributed by atoms with E-state index in [-0.39, 0.29) is 17.3 Å². The smallest absolute Gasteiger partial charge is 0.338 e. The van der Waals surface area contributed by atoms with Crippen LogP contribution >= 0.6 is 11.8 Å². The Labute approximate surface area is 269 Å². The molecule has 2 aliphatic rings. The molecule has 6 rings (SSSR count). The Bertz CT molecular complexity index is 1750. The maximum atomic E-state index is 14.4. The van der Waals surface area contributed by atoms with Crippen LogP contribution in [0.25, 0.3) is 11.1 Å². The second-order valence-electron chi connectivity index (χ2n) is 11.9. The fourth-order valence-electron chi connectivity index (χ4n) is 6.13. The number of carbonyl (C=O) groups excluding carboxylic acids is 1. The van der Waals surface area contributed by atoms with Crippen molar-refractivity contribution in [3.05, 3.63) is 117 Å². The first-order chi connectivity index (χ1) is 22.1. The summed E-state index contributed by atoms with van der Waals surface area (Å²) in [4.78, 5) is 36.1. The van der Waals surface area contributed by atoms with Crippen molar-refractivity contribution in [2.24, 2.45) is 0 Å². The molecule has 1 saturated heterocycles. The Kier molecular flexibility index (Phi) is 9.33. The summed E-state index contributed by atoms with van der Waals surface area (Å²) in [6.45, 7) is 2.69. The van der Waals surface area contributed by atoms with Crippen molar-refractivity contribution in [1.29, 1.82) is 0 Å². The summed E-state index contributed by atoms with van der Waals surface area (Å²) >= 11 is 1.36. The van der Waals surface area contributed by atoms with Gasteiger partial charge < -0.3 is 14.4 Å². The van der Waals surface area contributed by atoms with Gasteiger partial charge in [-0.3, -0.25) is 9.59 Å². The van der Waals surface area contributed by atoms with Gasteiger partial charge >= 0.3 is 6.18 Å². The van der Waals surface area contributed by atoms with Gasteiger partial charge in [0.2, 0.25) is 5.91 Å². The molecule has 1 aliphatic carbocycles. The van der Waals surface area contributed by atoms with E-state index in [4.69, 9.17) is 0 Å². The van der Waals surface area contributed by atoms with E-state index in [9.17, 15) is 27.2 Å². The quantitative estimate of drug-likeness (QED) is 0.125. The van der Waals surface area contributed by atoms with Crippen LogP contribution in [0, 0.1) is 5.82 Å². The number of halogens is 4. The molecule has 240 valence electrons. The van der Waals surface area contributed by atoms with E-state index in [1.807, 2.05) is 40.8 Å². The van der Waals surface area contributed by atoms with E-state index >= 15 is 0 Å². The van der Waals surface area contributed by atoms with Gasteiger partial charge in [-0.2, -0.15) is 18.2 Å². The molecule has 0 saturated carbocycles. The van der Waals surface area contributed by atoms with Gasteiger partial charge in [-0.15, -0.1) is 0 Å². The molecular weight excluding hydrogens is 616 g/mol. The number of fused-ring (bicyclic) bond motifs is 1. The summed E-state index contributed by atoms with van der Waals surface area (Å²) in [5, 5.41) is 0.462. The highest BCUT2D eigenvalue weighted by molar-refractivity contribution is 7.98. The lowest BCUT2D eigenvalue weighted by molar-refractivity contribution is -0.138. The molecule has 1 unspecified atom stereocenters. The van der Waals surface area contributed by atoms with Gasteiger partial charge in [0.15, 0.2) is 5.16 Å². The average Bonchev–Trinajstić information content (AvgIpc) is 3.55. The summed E-state index contributed by atoms with van der Waals surface area (Å²) in [5.74, 6) is 0.0783. The molecule has 3 aromatic carbocycles. The van der Waals surface area contributed by atoms with Crippen LogP contribution in [0.4, 0.5) is 17.6 Å². The van der Waals surface area contributed by atoms with E-state index < -0.39 is 17.8 Å². The summed E-state index contributed by atoms with van der Waals surface area (Å²) < 4.78 is 54.7. The largest absolute Gasteiger partial charge is 0.416 e. The molecule has 2 heterocycles. The lowest BCUT2D eigenvalue weighted by Gasteiger charge is -2.36. The van der Waals surface area contributed by atoms with Crippen molar-refractivity contribution >= 4 is 17.7 Å². The number of piperazine rings is 1. The third-order valence-corrected chi connectivity index (χ3v) is 9.79. The predicted octanol–water partition coefficient (Wildman–Crippen LogP) is 6.41. The summed E-state index contributed by atoms with van der Waals surface area (Å²) in [6.07, 6.45) is -1.98. The van der Waals surface area contributed by atoms with Crippen molar-refractivity contribution in [2.45, 2.75) is 48.8 Å². The SMILES string of the molecule is CN1CCN(C(=O)C(Cc2ccc(-c3ccc(C(F)(F)F)cc3)cc2)n2c(SCc3ccc(F)cc3)nc(=O)c3c2CCC3)CC1. The molecule has 1 aromatic heterocycles. The highest BCUT2D eigenvalue weighted by Crippen LogP contribution is 2.34. The minimum absolute atomic E-state index is 0.0388. The molecule has 0 spiro atoms. The van der Waals surface area contributed by atoms with Gasteiger partial charge in [-0.25, -0.2) is 4.39 Å². The third-order valence-electron chi connectivity index (χ3n) is 8.76. The van der Waals surface area contributed by atoms with E-state index in [0.717, 1.165) is 54.0 Å². The Morgan fingerprint density at radius 3 is 2.11 bits per heavy atom. The molecule has 46 heavy (non-hydrogen) atoms. The number of carbonyl (C=O) groups is 1. The van der Waals surface area contributed by atoms with Gasteiger partial charge in [0, 0.05) is 49.6 Å². The van der Waals surface area contributed by atoms with Crippen LogP contribution < -0.4 is 5.56 Å². The molecule has 1 fully saturated rings. The number of likely N-dealkylation sites (N-methyl/N-ethyl adjacent to an activating group) is 1. The van der Waals surface area contributed by atoms with E-state index in [0.29, 0.717) is 54.4 Å². The van der Waals surface area contributed by atoms with Gasteiger partial charge in [0.05, 0.1) is 5.56 Å². The molecule has 0 radical (unpaired) electrons. The van der Waals surface area contributed by atoms with E-state index in [1.54, 1.807) is 12.1 Å². The van der Waals surface area contributed by atoms with Crippen LogP contribution in [0.2, 0.25) is 0 Å². The predicted molar refractivity (Wildman–Crippen MR) is 170 cm³/mol. The zero-order valence-electron chi connectivity index (χ0n) is 25.4. The second kappa shape index (κ2) is 13.4. The number of amides is 1. The van der Waals surface area contributed by atoms with Crippen molar-refractivity contribution < 1.29 is 22.4 Å². The number of hydrogen-bond donors (Lipinski definition) is 0. The Hall–Kier alpha value is -3.96. The fraction of sp³-hybridized carbons (Fsp3) is 0.343. The topological polar surface area (TPSA) is 58.4 Å². The van der Waals surface area contributed by atoms with Gasteiger partial charge in [0.1, 0.15) is 11.9 Å². The lowest BCUT2D eigenvalue weighted by atomic mass is 9.98. The molecule has 11 heteroatoms. The molecule has 6 nitrogen and oxygen atoms in total. The van der Waals surface area contributed by atoms with Crippen molar-refractivity contribution in [1.82, 2.24) is 19.4 Å². The summed E-state index contributed by atoms with van der Waals surface area (Å²) in [6, 6.07) is 18.1. The third kappa shape index (κ3) is 7.05. The number of alkyl halides is 3. The Morgan fingerprint density at radius 1 is 0.870 bits per heavy atom. The second-order valence-corrected chi connectivity index (χ2v) is 12.8. The summed E-state index contributed by atoms with van der Waals surface area (Å²) in [5.41, 5.74) is 3.70. The Balaban J connectivity index is 1.35. The van der Waals surface area contributed by atoms with Crippen LogP contribution in [-0.4, -0.2) is 58.5 Å². The van der Waals surface area contributed by atoms with Crippen LogP contribution in [-0.2, 0) is 36.0 Å². The Morgan fingerprint density at radius 2 is 1.48 bits per heavy atom. The highest BCUT2D eigenvalue weighted by atomic mass is 32.2. The highest BCUT2D eigenvalue weighted by Gasteiger charge is 2.34. The maximum absolute atomic E-state index is 14.4. The summed E-state index contributed by atoms with van der Waals surface area (Å²) in [7, 11) is 2.03. The number of nitrogens with zero attached hydrogens (tertiary/aromatic N) is 4. The molecule has 1 amide bonds. The van der Waals surface area contributed by atoms with Crippen LogP contribution in [0.3, 0.4) is 0 Å². The molecule has 1 atom stereocenters. The van der Waals surface area contributed by atoms with Gasteiger partial charge in [0.25, 0.3) is 5.56 Å². The number of rotatable bonds is 8. The number of benzene rings is 3. The molecule has 0 N–H and O–H groups in total. The normalized spacial score (nSPS) is 16.0. The van der Waals surface area contributed by atoms with Crippen molar-refractivity contribution in [2.75, 3.05) is 33.2 Å². The molecule has 1 aliphatic heterocycles. The van der Waals surface area contributed by atoms with E-state index in [1.165, 1.54) is 36.0 Å². The first-order valence-corrected chi connectivity index (χ1v) is 16.3. The zero-order valence-corrected chi connectivity index (χ0v) is 26.2. The zero-order chi connectivity index (χ0) is 32.4. The molecular formula is C35H34F4N4O2S. The minimum Gasteiger partial charge on any atom is -0.338 e. The molecule has 0 bridgehead atoms. The number of hydrogen-bond acceptors (Lipinski definition) is 5. The number of thioether (sulfide) groups is 1. The standard InChI is InChI=1S/C35H34F4N4O2S/c1-41-17-19-42(20-18-41)33(45)31(21-23-5-9-25(10-6-23)26-11-13-27(14-12-26)35(37,38)39)43-30-4-2-3-29(30)32(44)40-34(43)46-22-24-7-15-28(36)16-8-24/h5-16,31H,2-4,17-22H2,1H3. The van der Waals surface area contributed by atoms with Gasteiger partial charge in [-0.1, -0.05) is 60.3 Å². The van der Waals surface area contributed by atoms with Crippen LogP contribution in [0.1, 0.15) is 40.4 Å². The number of aromatic nitrogens is 2.